The lowest BCUT2D eigenvalue weighted by atomic mass is 10.1. The molecular weight excluding hydrogens is 431 g/mol. The van der Waals surface area contributed by atoms with E-state index >= 15 is 0 Å². The fourth-order valence-corrected chi connectivity index (χ4v) is 3.45. The maximum Gasteiger partial charge on any atom is 0.446 e. The number of nitrogens with zero attached hydrogens (tertiary/aromatic N) is 3. The van der Waals surface area contributed by atoms with Crippen molar-refractivity contribution in [2.75, 3.05) is 29.9 Å². The average Bonchev–Trinajstić information content (AvgIpc) is 3.27. The SMILES string of the molecule is CCN(CCO)c1ncc(C(=O)Nc2ccc(SC(F)(F)F)cc2)cc1-c1ccn[nH]1. The smallest absolute Gasteiger partial charge is 0.395 e. The van der Waals surface area contributed by atoms with Gasteiger partial charge in [0.05, 0.1) is 17.9 Å². The van der Waals surface area contributed by atoms with Gasteiger partial charge < -0.3 is 15.3 Å². The van der Waals surface area contributed by atoms with Crippen LogP contribution in [0.15, 0.2) is 53.7 Å². The van der Waals surface area contributed by atoms with Crippen LogP contribution in [0.3, 0.4) is 0 Å². The number of hydrogen-bond acceptors (Lipinski definition) is 6. The van der Waals surface area contributed by atoms with Gasteiger partial charge in [-0.25, -0.2) is 4.98 Å². The number of amides is 1. The van der Waals surface area contributed by atoms with E-state index in [1.165, 1.54) is 30.5 Å². The standard InChI is InChI=1S/C20H20F3N5O2S/c1-2-28(9-10-29)18-16(17-7-8-25-27-17)11-13(12-24-18)19(30)26-14-3-5-15(6-4-14)31-20(21,22)23/h3-8,11-12,29H,2,9-10H2,1H3,(H,25,27)(H,26,30). The minimum Gasteiger partial charge on any atom is -0.395 e. The molecule has 164 valence electrons. The number of thioether (sulfide) groups is 1. The van der Waals surface area contributed by atoms with Crippen molar-refractivity contribution in [1.82, 2.24) is 15.2 Å². The highest BCUT2D eigenvalue weighted by Crippen LogP contribution is 2.37. The number of H-pyrrole nitrogens is 1. The second-order valence-corrected chi connectivity index (χ2v) is 7.53. The van der Waals surface area contributed by atoms with Gasteiger partial charge >= 0.3 is 5.51 Å². The molecule has 0 aliphatic heterocycles. The molecule has 0 aliphatic carbocycles. The number of rotatable bonds is 8. The predicted octanol–water partition coefficient (Wildman–Crippen LogP) is 4.15. The molecule has 0 spiro atoms. The van der Waals surface area contributed by atoms with Crippen LogP contribution in [0.1, 0.15) is 17.3 Å². The van der Waals surface area contributed by atoms with Crippen LogP contribution in [0.25, 0.3) is 11.3 Å². The number of halogens is 3. The van der Waals surface area contributed by atoms with E-state index in [1.807, 2.05) is 11.8 Å². The van der Waals surface area contributed by atoms with Crippen molar-refractivity contribution in [3.05, 3.63) is 54.4 Å². The highest BCUT2D eigenvalue weighted by molar-refractivity contribution is 8.00. The monoisotopic (exact) mass is 451 g/mol. The number of nitrogens with one attached hydrogen (secondary N) is 2. The summed E-state index contributed by atoms with van der Waals surface area (Å²) in [4.78, 5) is 19.0. The number of carbonyl (C=O) groups is 1. The van der Waals surface area contributed by atoms with Gasteiger partial charge in [0.2, 0.25) is 0 Å². The first kappa shape index (κ1) is 22.6. The number of hydrogen-bond donors (Lipinski definition) is 3. The van der Waals surface area contributed by atoms with E-state index in [0.717, 1.165) is 0 Å². The number of likely N-dealkylation sites (N-methyl/N-ethyl adjacent to an activating group) is 1. The molecule has 1 aromatic carbocycles. The van der Waals surface area contributed by atoms with E-state index in [-0.39, 0.29) is 28.8 Å². The maximum absolute atomic E-state index is 12.7. The summed E-state index contributed by atoms with van der Waals surface area (Å²) in [7, 11) is 0. The van der Waals surface area contributed by atoms with Crippen molar-refractivity contribution in [3.8, 4) is 11.3 Å². The fourth-order valence-electron chi connectivity index (χ4n) is 2.92. The number of aromatic nitrogens is 3. The van der Waals surface area contributed by atoms with Gasteiger partial charge in [0.1, 0.15) is 5.82 Å². The van der Waals surface area contributed by atoms with Gasteiger partial charge in [0.25, 0.3) is 5.91 Å². The molecular formula is C20H20F3N5O2S. The van der Waals surface area contributed by atoms with E-state index < -0.39 is 11.4 Å². The topological polar surface area (TPSA) is 94.1 Å². The first-order chi connectivity index (χ1) is 14.8. The van der Waals surface area contributed by atoms with Crippen molar-refractivity contribution in [3.63, 3.8) is 0 Å². The third kappa shape index (κ3) is 5.98. The van der Waals surface area contributed by atoms with Gasteiger partial charge in [-0.3, -0.25) is 9.89 Å². The highest BCUT2D eigenvalue weighted by Gasteiger charge is 2.29. The van der Waals surface area contributed by atoms with Crippen LogP contribution in [-0.4, -0.2) is 51.4 Å². The maximum atomic E-state index is 12.7. The Bertz CT molecular complexity index is 1010. The second kappa shape index (κ2) is 9.84. The number of benzene rings is 1. The Morgan fingerprint density at radius 3 is 2.58 bits per heavy atom. The minimum atomic E-state index is -4.37. The molecule has 3 rings (SSSR count). The zero-order valence-corrected chi connectivity index (χ0v) is 17.3. The number of anilines is 2. The van der Waals surface area contributed by atoms with Crippen LogP contribution in [0.4, 0.5) is 24.7 Å². The second-order valence-electron chi connectivity index (χ2n) is 6.40. The van der Waals surface area contributed by atoms with Gasteiger partial charge in [-0.15, -0.1) is 0 Å². The molecule has 0 saturated carbocycles. The molecule has 3 aromatic rings. The zero-order chi connectivity index (χ0) is 22.4. The normalized spacial score (nSPS) is 11.4. The fraction of sp³-hybridized carbons (Fsp3) is 0.250. The van der Waals surface area contributed by atoms with Gasteiger partial charge in [0.15, 0.2) is 0 Å². The van der Waals surface area contributed by atoms with Crippen LogP contribution in [-0.2, 0) is 0 Å². The first-order valence-corrected chi connectivity index (χ1v) is 10.1. The number of carbonyl (C=O) groups excluding carboxylic acids is 1. The first-order valence-electron chi connectivity index (χ1n) is 9.33. The Morgan fingerprint density at radius 2 is 2.00 bits per heavy atom. The van der Waals surface area contributed by atoms with E-state index in [2.05, 4.69) is 20.5 Å². The predicted molar refractivity (Wildman–Crippen MR) is 113 cm³/mol. The summed E-state index contributed by atoms with van der Waals surface area (Å²) in [5.41, 5.74) is -2.45. The molecule has 7 nitrogen and oxygen atoms in total. The molecule has 0 aliphatic rings. The van der Waals surface area contributed by atoms with E-state index in [1.54, 1.807) is 18.3 Å². The summed E-state index contributed by atoms with van der Waals surface area (Å²) in [6, 6.07) is 8.79. The van der Waals surface area contributed by atoms with Crippen molar-refractivity contribution in [1.29, 1.82) is 0 Å². The van der Waals surface area contributed by atoms with Crippen LogP contribution in [0, 0.1) is 0 Å². The van der Waals surface area contributed by atoms with Crippen LogP contribution in [0.2, 0.25) is 0 Å². The van der Waals surface area contributed by atoms with Gasteiger partial charge in [-0.2, -0.15) is 18.3 Å². The molecule has 2 aromatic heterocycles. The van der Waals surface area contributed by atoms with E-state index in [4.69, 9.17) is 0 Å². The molecule has 0 saturated heterocycles. The molecule has 0 fully saturated rings. The number of aliphatic hydroxyl groups excluding tert-OH is 1. The third-order valence-electron chi connectivity index (χ3n) is 4.32. The Balaban J connectivity index is 1.84. The van der Waals surface area contributed by atoms with Gasteiger partial charge in [-0.1, -0.05) is 0 Å². The van der Waals surface area contributed by atoms with Gasteiger partial charge in [-0.05, 0) is 55.1 Å². The minimum absolute atomic E-state index is 0.0293. The molecule has 0 atom stereocenters. The summed E-state index contributed by atoms with van der Waals surface area (Å²) in [6.07, 6.45) is 2.99. The number of aliphatic hydroxyl groups is 1. The van der Waals surface area contributed by atoms with Crippen LogP contribution >= 0.6 is 11.8 Å². The van der Waals surface area contributed by atoms with Crippen molar-refractivity contribution >= 4 is 29.2 Å². The third-order valence-corrected chi connectivity index (χ3v) is 5.06. The Kier molecular flexibility index (Phi) is 7.18. The van der Waals surface area contributed by atoms with Crippen molar-refractivity contribution in [2.45, 2.75) is 17.3 Å². The van der Waals surface area contributed by atoms with Crippen LogP contribution < -0.4 is 10.2 Å². The number of aromatic amines is 1. The van der Waals surface area contributed by atoms with Gasteiger partial charge in [0, 0.05) is 41.6 Å². The Hall–Kier alpha value is -3.05. The van der Waals surface area contributed by atoms with Crippen LogP contribution in [0.5, 0.6) is 0 Å². The largest absolute Gasteiger partial charge is 0.446 e. The molecule has 2 heterocycles. The quantitative estimate of drug-likeness (QED) is 0.446. The molecule has 1 amide bonds. The Morgan fingerprint density at radius 1 is 1.26 bits per heavy atom. The highest BCUT2D eigenvalue weighted by atomic mass is 32.2. The number of pyridine rings is 1. The lowest BCUT2D eigenvalue weighted by molar-refractivity contribution is -0.0328. The zero-order valence-electron chi connectivity index (χ0n) is 16.5. The lowest BCUT2D eigenvalue weighted by Gasteiger charge is -2.23. The summed E-state index contributed by atoms with van der Waals surface area (Å²) in [5.74, 6) is 0.132. The molecule has 31 heavy (non-hydrogen) atoms. The number of alkyl halides is 3. The molecule has 11 heteroatoms. The molecule has 3 N–H and O–H groups in total. The average molecular weight is 451 g/mol. The van der Waals surface area contributed by atoms with Crippen molar-refractivity contribution < 1.29 is 23.1 Å². The molecule has 0 unspecified atom stereocenters. The molecule has 0 radical (unpaired) electrons. The summed E-state index contributed by atoms with van der Waals surface area (Å²) >= 11 is -0.219. The summed E-state index contributed by atoms with van der Waals surface area (Å²) in [6.45, 7) is 2.85. The summed E-state index contributed by atoms with van der Waals surface area (Å²) in [5, 5.41) is 18.8. The van der Waals surface area contributed by atoms with E-state index in [9.17, 15) is 23.1 Å². The van der Waals surface area contributed by atoms with E-state index in [0.29, 0.717) is 35.9 Å². The van der Waals surface area contributed by atoms with Crippen molar-refractivity contribution in [2.24, 2.45) is 0 Å². The molecule has 0 bridgehead atoms. The summed E-state index contributed by atoms with van der Waals surface area (Å²) < 4.78 is 37.4. The Labute approximate surface area is 180 Å². The lowest BCUT2D eigenvalue weighted by Crippen LogP contribution is -2.28.